The Hall–Kier alpha value is -6.66. The fourth-order valence-corrected chi connectivity index (χ4v) is 6.71. The smallest absolute Gasteiger partial charge is 0.326 e. The number of carboxylic acids is 1. The van der Waals surface area contributed by atoms with Crippen LogP contribution in [0.1, 0.15) is 15.9 Å². The molecule has 0 aliphatic heterocycles. The zero-order valence-electron chi connectivity index (χ0n) is 28.5. The number of carbonyl (C=O) groups is 2. The molecule has 7 aromatic rings. The van der Waals surface area contributed by atoms with Crippen molar-refractivity contribution in [2.75, 3.05) is 4.72 Å². The van der Waals surface area contributed by atoms with Crippen LogP contribution in [0.3, 0.4) is 0 Å². The van der Waals surface area contributed by atoms with Gasteiger partial charge in [-0.05, 0) is 81.2 Å². The third kappa shape index (κ3) is 9.34. The molecule has 3 N–H and O–H groups in total. The van der Waals surface area contributed by atoms with Crippen molar-refractivity contribution in [2.45, 2.75) is 17.4 Å². The number of amides is 1. The number of rotatable bonds is 10. The summed E-state index contributed by atoms with van der Waals surface area (Å²) in [5.41, 5.74) is 1.58. The van der Waals surface area contributed by atoms with E-state index in [-0.39, 0.29) is 11.3 Å². The van der Waals surface area contributed by atoms with Gasteiger partial charge in [0.1, 0.15) is 40.5 Å². The highest BCUT2D eigenvalue weighted by Gasteiger charge is 2.27. The van der Waals surface area contributed by atoms with E-state index >= 15 is 8.78 Å². The van der Waals surface area contributed by atoms with Crippen LogP contribution in [0.5, 0.6) is 0 Å². The molecule has 3 aromatic carbocycles. The second-order valence-electron chi connectivity index (χ2n) is 11.7. The molecule has 0 radical (unpaired) electrons. The van der Waals surface area contributed by atoms with E-state index in [9.17, 15) is 27.5 Å². The topological polar surface area (TPSA) is 190 Å². The lowest BCUT2D eigenvalue weighted by Crippen LogP contribution is -2.43. The van der Waals surface area contributed by atoms with Crippen LogP contribution in [0.25, 0.3) is 33.3 Å². The first-order valence-electron chi connectivity index (χ1n) is 16.2. The summed E-state index contributed by atoms with van der Waals surface area (Å²) in [6.07, 6.45) is 8.67. The van der Waals surface area contributed by atoms with Crippen LogP contribution >= 0.6 is 15.9 Å². The van der Waals surface area contributed by atoms with Gasteiger partial charge in [-0.2, -0.15) is 4.39 Å². The van der Waals surface area contributed by atoms with Gasteiger partial charge in [-0.3, -0.25) is 14.5 Å². The molecule has 18 heteroatoms. The summed E-state index contributed by atoms with van der Waals surface area (Å²) in [7, 11) is -4.35. The van der Waals surface area contributed by atoms with Gasteiger partial charge in [-0.1, -0.05) is 30.3 Å². The number of sulfonamides is 1. The number of nitrogens with zero attached hydrogens (tertiary/aromatic N) is 6. The first-order chi connectivity index (χ1) is 26.9. The number of benzene rings is 3. The molecule has 0 unspecified atom stereocenters. The van der Waals surface area contributed by atoms with Crippen LogP contribution < -0.4 is 10.0 Å². The summed E-state index contributed by atoms with van der Waals surface area (Å²) in [6, 6.07) is 17.8. The molecule has 0 aliphatic rings. The molecular weight excluding hydrogens is 817 g/mol. The van der Waals surface area contributed by atoms with Crippen LogP contribution in [0.4, 0.5) is 18.9 Å². The lowest BCUT2D eigenvalue weighted by atomic mass is 9.97. The van der Waals surface area contributed by atoms with Crippen molar-refractivity contribution in [3.63, 3.8) is 0 Å². The zero-order chi connectivity index (χ0) is 39.8. The third-order valence-corrected chi connectivity index (χ3v) is 9.90. The van der Waals surface area contributed by atoms with Crippen molar-refractivity contribution < 1.29 is 36.3 Å². The Morgan fingerprint density at radius 2 is 1.48 bits per heavy atom. The predicted molar refractivity (Wildman–Crippen MR) is 202 cm³/mol. The Bertz CT molecular complexity index is 2620. The minimum absolute atomic E-state index is 0.259. The van der Waals surface area contributed by atoms with Crippen LogP contribution in [0.15, 0.2) is 132 Å². The number of aliphatic carboxylic acids is 1. The van der Waals surface area contributed by atoms with Crippen molar-refractivity contribution in [2.24, 2.45) is 0 Å². The molecule has 4 heterocycles. The normalized spacial score (nSPS) is 11.6. The highest BCUT2D eigenvalue weighted by molar-refractivity contribution is 9.10. The second kappa shape index (κ2) is 17.2. The van der Waals surface area contributed by atoms with Gasteiger partial charge in [0.2, 0.25) is 5.95 Å². The molecule has 0 bridgehead atoms. The van der Waals surface area contributed by atoms with Gasteiger partial charge in [0.05, 0.1) is 21.8 Å². The largest absolute Gasteiger partial charge is 0.480 e. The van der Waals surface area contributed by atoms with Gasteiger partial charge in [0.25, 0.3) is 15.9 Å². The van der Waals surface area contributed by atoms with Gasteiger partial charge in [-0.15, -0.1) is 0 Å². The van der Waals surface area contributed by atoms with Crippen LogP contribution in [-0.2, 0) is 21.2 Å². The van der Waals surface area contributed by atoms with Gasteiger partial charge in [-0.25, -0.2) is 46.9 Å². The molecule has 0 saturated heterocycles. The van der Waals surface area contributed by atoms with Gasteiger partial charge >= 0.3 is 5.97 Å². The predicted octanol–water partition coefficient (Wildman–Crippen LogP) is 6.64. The Labute approximate surface area is 325 Å². The summed E-state index contributed by atoms with van der Waals surface area (Å²) >= 11 is 3.16. The quantitative estimate of drug-likeness (QED) is 0.0989. The monoisotopic (exact) mass is 842 g/mol. The number of hydrogen-bond acceptors (Lipinski definition) is 10. The van der Waals surface area contributed by atoms with Crippen LogP contribution in [-0.4, -0.2) is 61.3 Å². The van der Waals surface area contributed by atoms with Crippen molar-refractivity contribution in [1.82, 2.24) is 35.2 Å². The number of aromatic nitrogens is 6. The fourth-order valence-electron chi connectivity index (χ4n) is 5.46. The molecular formula is C38H26BrF3N8O5S. The maximum Gasteiger partial charge on any atom is 0.326 e. The van der Waals surface area contributed by atoms with Crippen molar-refractivity contribution >= 4 is 54.4 Å². The minimum Gasteiger partial charge on any atom is -0.480 e. The SMILES string of the molecule is Brc1ccncn1.O=C(N[C@@H](Cc1ccc(-c2ccncn2)c2ncccc12)C(=O)O)c1c(F)cc(NS(=O)(=O)c2ccc(-c3ccnc(F)c3)cc2)cc1F. The average molecular weight is 844 g/mol. The van der Waals surface area contributed by atoms with Crippen LogP contribution in [0, 0.1) is 17.6 Å². The number of anilines is 1. The Balaban J connectivity index is 0.000000685. The fraction of sp³-hybridized carbons (Fsp3) is 0.0526. The minimum atomic E-state index is -4.35. The number of carbonyl (C=O) groups excluding carboxylic acids is 1. The summed E-state index contributed by atoms with van der Waals surface area (Å²) in [4.78, 5) is 48.5. The average Bonchev–Trinajstić information content (AvgIpc) is 3.18. The van der Waals surface area contributed by atoms with E-state index in [2.05, 4.69) is 55.9 Å². The molecule has 1 atom stereocenters. The number of hydrogen-bond donors (Lipinski definition) is 3. The lowest BCUT2D eigenvalue weighted by Gasteiger charge is -2.17. The lowest BCUT2D eigenvalue weighted by molar-refractivity contribution is -0.139. The van der Waals surface area contributed by atoms with Crippen molar-refractivity contribution in [3.8, 4) is 22.4 Å². The highest BCUT2D eigenvalue weighted by atomic mass is 79.9. The van der Waals surface area contributed by atoms with Crippen LogP contribution in [0.2, 0.25) is 0 Å². The summed E-state index contributed by atoms with van der Waals surface area (Å²) in [6.45, 7) is 0. The van der Waals surface area contributed by atoms with E-state index in [1.54, 1.807) is 55.0 Å². The number of nitrogens with one attached hydrogen (secondary N) is 2. The van der Waals surface area contributed by atoms with Gasteiger partial charge < -0.3 is 10.4 Å². The molecule has 4 aromatic heterocycles. The standard InChI is InChI=1S/C34H23F3N6O5S.C4H3BrN2/c35-26-16-22(43-49(47,48)23-6-3-19(4-7-23)20-9-13-39-30(37)15-20)17-27(36)31(26)33(44)42-29(34(45)46)14-21-5-8-25(28-10-12-38-18-41-28)32-24(21)2-1-11-40-32;5-4-1-2-6-3-7-4/h1-13,15-18,29,43H,14H2,(H,42,44)(H,45,46);1-3H/t29-;/m0./s1. The maximum atomic E-state index is 15.2. The number of carboxylic acid groups (broad SMARTS) is 1. The van der Waals surface area contributed by atoms with E-state index in [1.165, 1.54) is 55.2 Å². The number of pyridine rings is 2. The van der Waals surface area contributed by atoms with E-state index in [4.69, 9.17) is 0 Å². The molecule has 0 fully saturated rings. The van der Waals surface area contributed by atoms with Gasteiger partial charge in [0, 0.05) is 48.2 Å². The van der Waals surface area contributed by atoms with E-state index < -0.39 is 56.8 Å². The molecule has 0 aliphatic carbocycles. The first kappa shape index (κ1) is 39.0. The molecule has 56 heavy (non-hydrogen) atoms. The number of fused-ring (bicyclic) bond motifs is 1. The Morgan fingerprint density at radius 1 is 0.768 bits per heavy atom. The molecule has 282 valence electrons. The first-order valence-corrected chi connectivity index (χ1v) is 18.5. The summed E-state index contributed by atoms with van der Waals surface area (Å²) in [5.74, 6) is -6.40. The Morgan fingerprint density at radius 3 is 2.09 bits per heavy atom. The molecule has 0 spiro atoms. The van der Waals surface area contributed by atoms with E-state index in [1.807, 2.05) is 0 Å². The molecule has 1 amide bonds. The third-order valence-electron chi connectivity index (χ3n) is 8.04. The van der Waals surface area contributed by atoms with Gasteiger partial charge in [0.15, 0.2) is 0 Å². The second-order valence-corrected chi connectivity index (χ2v) is 14.2. The maximum absolute atomic E-state index is 15.2. The zero-order valence-corrected chi connectivity index (χ0v) is 30.9. The van der Waals surface area contributed by atoms with E-state index in [0.29, 0.717) is 51.0 Å². The molecule has 7 rings (SSSR count). The highest BCUT2D eigenvalue weighted by Crippen LogP contribution is 2.29. The Kier molecular flexibility index (Phi) is 12.0. The molecule has 0 saturated carbocycles. The summed E-state index contributed by atoms with van der Waals surface area (Å²) < 4.78 is 72.6. The number of halogens is 4. The van der Waals surface area contributed by atoms with Crippen molar-refractivity contribution in [3.05, 3.63) is 156 Å². The van der Waals surface area contributed by atoms with E-state index in [0.717, 1.165) is 4.60 Å². The van der Waals surface area contributed by atoms with Crippen molar-refractivity contribution in [1.29, 1.82) is 0 Å². The molecule has 13 nitrogen and oxygen atoms in total. The summed E-state index contributed by atoms with van der Waals surface area (Å²) in [5, 5.41) is 12.7.